The minimum atomic E-state index is -0.177. The summed E-state index contributed by atoms with van der Waals surface area (Å²) in [5.74, 6) is 1.43. The molecule has 0 radical (unpaired) electrons. The van der Waals surface area contributed by atoms with Crippen LogP contribution in [0.25, 0.3) is 0 Å². The average molecular weight is 426 g/mol. The number of aromatic amines is 1. The number of benzene rings is 1. The van der Waals surface area contributed by atoms with Gasteiger partial charge in [-0.15, -0.1) is 0 Å². The topological polar surface area (TPSA) is 100 Å². The van der Waals surface area contributed by atoms with Crippen molar-refractivity contribution in [1.29, 1.82) is 0 Å². The standard InChI is InChI=1S/C23H31N5O3/c1-16-24-22(27-26-16)19-14-28(21(29)9-5-8-17-6-3-2-4-7-17)15-20(19)25-23(30)18-10-12-31-13-11-18/h2-4,6-7,18-20H,5,8-15H2,1H3,(H,25,30)(H,24,26,27)/t19-,20-/m1/s1. The maximum absolute atomic E-state index is 12.9. The molecule has 3 heterocycles. The lowest BCUT2D eigenvalue weighted by molar-refractivity contribution is -0.131. The molecule has 166 valence electrons. The molecule has 2 aromatic rings. The first-order valence-corrected chi connectivity index (χ1v) is 11.2. The summed E-state index contributed by atoms with van der Waals surface area (Å²) in [5.41, 5.74) is 1.24. The molecule has 2 N–H and O–H groups in total. The third kappa shape index (κ3) is 5.50. The van der Waals surface area contributed by atoms with E-state index in [1.54, 1.807) is 0 Å². The van der Waals surface area contributed by atoms with E-state index in [9.17, 15) is 9.59 Å². The molecule has 4 rings (SSSR count). The Morgan fingerprint density at radius 3 is 2.68 bits per heavy atom. The quantitative estimate of drug-likeness (QED) is 0.707. The van der Waals surface area contributed by atoms with Gasteiger partial charge in [0.25, 0.3) is 0 Å². The van der Waals surface area contributed by atoms with E-state index in [4.69, 9.17) is 4.74 Å². The third-order valence-electron chi connectivity index (χ3n) is 6.24. The maximum atomic E-state index is 12.9. The summed E-state index contributed by atoms with van der Waals surface area (Å²) in [4.78, 5) is 32.1. The van der Waals surface area contributed by atoms with E-state index in [0.29, 0.717) is 38.5 Å². The van der Waals surface area contributed by atoms with Crippen LogP contribution in [0.5, 0.6) is 0 Å². The smallest absolute Gasteiger partial charge is 0.223 e. The zero-order valence-corrected chi connectivity index (χ0v) is 18.0. The van der Waals surface area contributed by atoms with Gasteiger partial charge in [0.05, 0.1) is 12.0 Å². The van der Waals surface area contributed by atoms with Crippen LogP contribution in [-0.4, -0.2) is 64.2 Å². The summed E-state index contributed by atoms with van der Waals surface area (Å²) in [6.45, 7) is 4.13. The highest BCUT2D eigenvalue weighted by Crippen LogP contribution is 2.27. The summed E-state index contributed by atoms with van der Waals surface area (Å²) in [7, 11) is 0. The van der Waals surface area contributed by atoms with Gasteiger partial charge in [-0.05, 0) is 38.2 Å². The van der Waals surface area contributed by atoms with Gasteiger partial charge in [-0.2, -0.15) is 5.10 Å². The minimum absolute atomic E-state index is 0.0288. The van der Waals surface area contributed by atoms with Gasteiger partial charge in [-0.3, -0.25) is 14.7 Å². The number of aromatic nitrogens is 3. The molecule has 0 aliphatic carbocycles. The zero-order chi connectivity index (χ0) is 21.6. The molecule has 2 amide bonds. The molecule has 8 nitrogen and oxygen atoms in total. The van der Waals surface area contributed by atoms with Crippen LogP contribution in [0.3, 0.4) is 0 Å². The van der Waals surface area contributed by atoms with Crippen LogP contribution in [0.4, 0.5) is 0 Å². The van der Waals surface area contributed by atoms with Crippen molar-refractivity contribution in [1.82, 2.24) is 25.4 Å². The number of carbonyl (C=O) groups excluding carboxylic acids is 2. The van der Waals surface area contributed by atoms with Crippen LogP contribution in [-0.2, 0) is 20.7 Å². The van der Waals surface area contributed by atoms with Gasteiger partial charge in [0, 0.05) is 38.6 Å². The fraction of sp³-hybridized carbons (Fsp3) is 0.565. The lowest BCUT2D eigenvalue weighted by Crippen LogP contribution is -2.44. The van der Waals surface area contributed by atoms with E-state index in [0.717, 1.165) is 31.5 Å². The number of ether oxygens (including phenoxy) is 1. The second-order valence-electron chi connectivity index (χ2n) is 8.53. The predicted octanol–water partition coefficient (Wildman–Crippen LogP) is 1.97. The molecule has 2 saturated heterocycles. The molecule has 1 aromatic heterocycles. The number of nitrogens with one attached hydrogen (secondary N) is 2. The lowest BCUT2D eigenvalue weighted by atomic mass is 9.97. The molecule has 2 fully saturated rings. The van der Waals surface area contributed by atoms with Gasteiger partial charge in [0.15, 0.2) is 5.82 Å². The highest BCUT2D eigenvalue weighted by molar-refractivity contribution is 5.80. The number of likely N-dealkylation sites (tertiary alicyclic amines) is 1. The van der Waals surface area contributed by atoms with Crippen LogP contribution < -0.4 is 5.32 Å². The Bertz CT molecular complexity index is 878. The highest BCUT2D eigenvalue weighted by Gasteiger charge is 2.40. The van der Waals surface area contributed by atoms with Crippen molar-refractivity contribution in [2.75, 3.05) is 26.3 Å². The van der Waals surface area contributed by atoms with E-state index < -0.39 is 0 Å². The summed E-state index contributed by atoms with van der Waals surface area (Å²) in [6.07, 6.45) is 3.67. The molecule has 0 spiro atoms. The van der Waals surface area contributed by atoms with Gasteiger partial charge in [0.1, 0.15) is 5.82 Å². The normalized spacial score (nSPS) is 21.9. The van der Waals surface area contributed by atoms with Crippen LogP contribution in [0, 0.1) is 12.8 Å². The molecule has 0 bridgehead atoms. The third-order valence-corrected chi connectivity index (χ3v) is 6.24. The Labute approximate surface area is 182 Å². The molecule has 8 heteroatoms. The van der Waals surface area contributed by atoms with Crippen LogP contribution in [0.2, 0.25) is 0 Å². The molecule has 31 heavy (non-hydrogen) atoms. The SMILES string of the molecule is Cc1nc([C@@H]2CN(C(=O)CCCc3ccccc3)C[C@H]2NC(=O)C2CCOCC2)n[nH]1. The molecule has 0 unspecified atom stereocenters. The number of hydrogen-bond acceptors (Lipinski definition) is 5. The van der Waals surface area contributed by atoms with Crippen molar-refractivity contribution < 1.29 is 14.3 Å². The molecule has 1 aromatic carbocycles. The monoisotopic (exact) mass is 425 g/mol. The van der Waals surface area contributed by atoms with Crippen LogP contribution in [0.1, 0.15) is 48.8 Å². The Balaban J connectivity index is 1.37. The van der Waals surface area contributed by atoms with Gasteiger partial charge in [-0.25, -0.2) is 4.98 Å². The van der Waals surface area contributed by atoms with E-state index in [-0.39, 0.29) is 29.7 Å². The number of nitrogens with zero attached hydrogens (tertiary/aromatic N) is 3. The van der Waals surface area contributed by atoms with Crippen molar-refractivity contribution in [3.05, 3.63) is 47.5 Å². The second-order valence-corrected chi connectivity index (χ2v) is 8.53. The number of H-pyrrole nitrogens is 1. The average Bonchev–Trinajstić information content (AvgIpc) is 3.41. The highest BCUT2D eigenvalue weighted by atomic mass is 16.5. The Morgan fingerprint density at radius 1 is 1.19 bits per heavy atom. The Morgan fingerprint density at radius 2 is 1.97 bits per heavy atom. The van der Waals surface area contributed by atoms with Gasteiger partial charge in [0.2, 0.25) is 11.8 Å². The number of hydrogen-bond donors (Lipinski definition) is 2. The number of aryl methyl sites for hydroxylation is 2. The first-order chi connectivity index (χ1) is 15.1. The number of carbonyl (C=O) groups is 2. The summed E-state index contributed by atoms with van der Waals surface area (Å²) >= 11 is 0. The predicted molar refractivity (Wildman–Crippen MR) is 115 cm³/mol. The Hall–Kier alpha value is -2.74. The van der Waals surface area contributed by atoms with Gasteiger partial charge >= 0.3 is 0 Å². The van der Waals surface area contributed by atoms with E-state index in [1.807, 2.05) is 30.0 Å². The van der Waals surface area contributed by atoms with Crippen molar-refractivity contribution in [3.63, 3.8) is 0 Å². The summed E-state index contributed by atoms with van der Waals surface area (Å²) in [6, 6.07) is 10.0. The fourth-order valence-corrected chi connectivity index (χ4v) is 4.45. The molecule has 2 aliphatic rings. The van der Waals surface area contributed by atoms with Crippen molar-refractivity contribution in [2.45, 2.75) is 51.0 Å². The lowest BCUT2D eigenvalue weighted by Gasteiger charge is -2.24. The van der Waals surface area contributed by atoms with Crippen molar-refractivity contribution >= 4 is 11.8 Å². The zero-order valence-electron chi connectivity index (χ0n) is 18.0. The largest absolute Gasteiger partial charge is 0.381 e. The first-order valence-electron chi connectivity index (χ1n) is 11.2. The van der Waals surface area contributed by atoms with E-state index in [2.05, 4.69) is 32.6 Å². The molecular formula is C23H31N5O3. The fourth-order valence-electron chi connectivity index (χ4n) is 4.45. The maximum Gasteiger partial charge on any atom is 0.223 e. The molecule has 2 atom stereocenters. The number of amides is 2. The Kier molecular flexibility index (Phi) is 6.96. The summed E-state index contributed by atoms with van der Waals surface area (Å²) < 4.78 is 5.37. The van der Waals surface area contributed by atoms with Crippen LogP contribution >= 0.6 is 0 Å². The minimum Gasteiger partial charge on any atom is -0.381 e. The van der Waals surface area contributed by atoms with E-state index >= 15 is 0 Å². The number of rotatable bonds is 7. The molecule has 2 aliphatic heterocycles. The molecule has 0 saturated carbocycles. The first kappa shape index (κ1) is 21.5. The van der Waals surface area contributed by atoms with Crippen LogP contribution in [0.15, 0.2) is 30.3 Å². The van der Waals surface area contributed by atoms with Crippen molar-refractivity contribution in [2.24, 2.45) is 5.92 Å². The van der Waals surface area contributed by atoms with E-state index in [1.165, 1.54) is 5.56 Å². The summed E-state index contributed by atoms with van der Waals surface area (Å²) in [5, 5.41) is 10.4. The second kappa shape index (κ2) is 10.0. The van der Waals surface area contributed by atoms with Crippen molar-refractivity contribution in [3.8, 4) is 0 Å². The van der Waals surface area contributed by atoms with Gasteiger partial charge < -0.3 is 15.0 Å². The molecular weight excluding hydrogens is 394 g/mol. The van der Waals surface area contributed by atoms with Gasteiger partial charge in [-0.1, -0.05) is 30.3 Å².